The molecule has 0 aromatic rings. The third kappa shape index (κ3) is 2.12. The molecule has 14 heavy (non-hydrogen) atoms. The fraction of sp³-hybridized carbons (Fsp3) is 1.00. The molecule has 0 bridgehead atoms. The molecule has 1 aliphatic carbocycles. The molecule has 1 N–H and O–H groups in total. The summed E-state index contributed by atoms with van der Waals surface area (Å²) in [6, 6.07) is 0.472. The van der Waals surface area contributed by atoms with Crippen molar-refractivity contribution in [2.45, 2.75) is 51.7 Å². The Balaban J connectivity index is 1.95. The Labute approximate surface area is 87.3 Å². The minimum atomic E-state index is -0.0486. The number of likely N-dealkylation sites (tertiary alicyclic amines) is 1. The summed E-state index contributed by atoms with van der Waals surface area (Å²) in [5.74, 6) is 1.62. The van der Waals surface area contributed by atoms with Crippen molar-refractivity contribution in [3.8, 4) is 0 Å². The van der Waals surface area contributed by atoms with E-state index in [-0.39, 0.29) is 6.10 Å². The number of aliphatic hydroxyl groups is 1. The number of piperidine rings is 1. The highest BCUT2D eigenvalue weighted by molar-refractivity contribution is 4.88. The van der Waals surface area contributed by atoms with Crippen LogP contribution in [-0.2, 0) is 0 Å². The molecule has 2 heteroatoms. The molecule has 2 nitrogen and oxygen atoms in total. The number of nitrogens with zero attached hydrogens (tertiary/aromatic N) is 1. The van der Waals surface area contributed by atoms with Crippen molar-refractivity contribution >= 4 is 0 Å². The standard InChI is InChI=1S/C12H23NO/c1-9-6-10(2)8-13(7-9)11-4-3-5-12(11)14/h9-12,14H,3-8H2,1-2H3/t9?,10?,11-,12-/m0/s1. The van der Waals surface area contributed by atoms with Gasteiger partial charge in [-0.2, -0.15) is 0 Å². The number of rotatable bonds is 1. The molecule has 2 aliphatic rings. The molecular formula is C12H23NO. The van der Waals surface area contributed by atoms with E-state index in [0.29, 0.717) is 6.04 Å². The van der Waals surface area contributed by atoms with Crippen LogP contribution in [0.1, 0.15) is 39.5 Å². The van der Waals surface area contributed by atoms with Gasteiger partial charge in [0.25, 0.3) is 0 Å². The molecule has 0 aromatic heterocycles. The Morgan fingerprint density at radius 2 is 1.71 bits per heavy atom. The van der Waals surface area contributed by atoms with Crippen molar-refractivity contribution < 1.29 is 5.11 Å². The Kier molecular flexibility index (Phi) is 3.13. The lowest BCUT2D eigenvalue weighted by Crippen LogP contribution is -2.48. The number of hydrogen-bond acceptors (Lipinski definition) is 2. The largest absolute Gasteiger partial charge is 0.391 e. The Morgan fingerprint density at radius 1 is 1.07 bits per heavy atom. The molecule has 0 spiro atoms. The summed E-state index contributed by atoms with van der Waals surface area (Å²) in [5.41, 5.74) is 0. The van der Waals surface area contributed by atoms with E-state index in [4.69, 9.17) is 0 Å². The van der Waals surface area contributed by atoms with Crippen LogP contribution in [0, 0.1) is 11.8 Å². The van der Waals surface area contributed by atoms with Gasteiger partial charge in [-0.25, -0.2) is 0 Å². The van der Waals surface area contributed by atoms with Crippen LogP contribution in [0.2, 0.25) is 0 Å². The normalized spacial score (nSPS) is 45.6. The monoisotopic (exact) mass is 197 g/mol. The van der Waals surface area contributed by atoms with Crippen molar-refractivity contribution in [1.29, 1.82) is 0 Å². The zero-order valence-electron chi connectivity index (χ0n) is 9.45. The molecular weight excluding hydrogens is 174 g/mol. The van der Waals surface area contributed by atoms with E-state index in [2.05, 4.69) is 18.7 Å². The van der Waals surface area contributed by atoms with E-state index in [0.717, 1.165) is 18.3 Å². The van der Waals surface area contributed by atoms with Crippen LogP contribution < -0.4 is 0 Å². The molecule has 1 saturated carbocycles. The van der Waals surface area contributed by atoms with E-state index in [1.807, 2.05) is 0 Å². The van der Waals surface area contributed by atoms with Gasteiger partial charge in [0, 0.05) is 19.1 Å². The van der Waals surface area contributed by atoms with Gasteiger partial charge in [-0.05, 0) is 37.5 Å². The average Bonchev–Trinajstić information content (AvgIpc) is 2.49. The summed E-state index contributed by atoms with van der Waals surface area (Å²) in [5, 5.41) is 9.87. The molecule has 2 rings (SSSR count). The van der Waals surface area contributed by atoms with Crippen molar-refractivity contribution in [2.75, 3.05) is 13.1 Å². The fourth-order valence-corrected chi connectivity index (χ4v) is 3.33. The lowest BCUT2D eigenvalue weighted by molar-refractivity contribution is 0.0303. The van der Waals surface area contributed by atoms with Gasteiger partial charge in [0.1, 0.15) is 0 Å². The predicted octanol–water partition coefficient (Wildman–Crippen LogP) is 1.88. The Bertz CT molecular complexity index is 185. The molecule has 0 amide bonds. The van der Waals surface area contributed by atoms with Gasteiger partial charge in [-0.3, -0.25) is 4.90 Å². The van der Waals surface area contributed by atoms with Crippen LogP contribution in [0.4, 0.5) is 0 Å². The van der Waals surface area contributed by atoms with Gasteiger partial charge in [-0.1, -0.05) is 13.8 Å². The lowest BCUT2D eigenvalue weighted by Gasteiger charge is -2.39. The summed E-state index contributed by atoms with van der Waals surface area (Å²) in [7, 11) is 0. The summed E-state index contributed by atoms with van der Waals surface area (Å²) in [4.78, 5) is 2.54. The van der Waals surface area contributed by atoms with Gasteiger partial charge in [0.2, 0.25) is 0 Å². The summed E-state index contributed by atoms with van der Waals surface area (Å²) >= 11 is 0. The molecule has 2 fully saturated rings. The first kappa shape index (κ1) is 10.4. The molecule has 0 radical (unpaired) electrons. The maximum absolute atomic E-state index is 9.87. The average molecular weight is 197 g/mol. The van der Waals surface area contributed by atoms with Gasteiger partial charge in [-0.15, -0.1) is 0 Å². The third-order valence-corrected chi connectivity index (χ3v) is 3.81. The first-order valence-corrected chi connectivity index (χ1v) is 6.09. The van der Waals surface area contributed by atoms with Crippen molar-refractivity contribution in [3.05, 3.63) is 0 Å². The van der Waals surface area contributed by atoms with Crippen LogP contribution in [0.15, 0.2) is 0 Å². The van der Waals surface area contributed by atoms with Gasteiger partial charge >= 0.3 is 0 Å². The Hall–Kier alpha value is -0.0800. The highest BCUT2D eigenvalue weighted by Crippen LogP contribution is 2.29. The van der Waals surface area contributed by atoms with E-state index in [1.54, 1.807) is 0 Å². The summed E-state index contributed by atoms with van der Waals surface area (Å²) in [6.07, 6.45) is 4.75. The highest BCUT2D eigenvalue weighted by atomic mass is 16.3. The second-order valence-corrected chi connectivity index (χ2v) is 5.47. The second-order valence-electron chi connectivity index (χ2n) is 5.47. The molecule has 4 atom stereocenters. The minimum absolute atomic E-state index is 0.0486. The molecule has 82 valence electrons. The maximum atomic E-state index is 9.87. The van der Waals surface area contributed by atoms with Crippen LogP contribution in [0.3, 0.4) is 0 Å². The van der Waals surface area contributed by atoms with E-state index < -0.39 is 0 Å². The zero-order chi connectivity index (χ0) is 10.1. The highest BCUT2D eigenvalue weighted by Gasteiger charge is 2.34. The lowest BCUT2D eigenvalue weighted by atomic mass is 9.90. The first-order chi connectivity index (χ1) is 6.66. The predicted molar refractivity (Wildman–Crippen MR) is 58.2 cm³/mol. The van der Waals surface area contributed by atoms with Crippen molar-refractivity contribution in [1.82, 2.24) is 4.90 Å². The number of hydrogen-bond donors (Lipinski definition) is 1. The number of aliphatic hydroxyl groups excluding tert-OH is 1. The van der Waals surface area contributed by atoms with Crippen molar-refractivity contribution in [2.24, 2.45) is 11.8 Å². The van der Waals surface area contributed by atoms with Crippen LogP contribution >= 0.6 is 0 Å². The van der Waals surface area contributed by atoms with E-state index in [9.17, 15) is 5.11 Å². The topological polar surface area (TPSA) is 23.5 Å². The smallest absolute Gasteiger partial charge is 0.0695 e. The van der Waals surface area contributed by atoms with Crippen LogP contribution in [0.5, 0.6) is 0 Å². The summed E-state index contributed by atoms with van der Waals surface area (Å²) in [6.45, 7) is 7.08. The van der Waals surface area contributed by atoms with E-state index in [1.165, 1.54) is 32.4 Å². The molecule has 1 saturated heterocycles. The van der Waals surface area contributed by atoms with E-state index >= 15 is 0 Å². The van der Waals surface area contributed by atoms with Crippen LogP contribution in [0.25, 0.3) is 0 Å². The quantitative estimate of drug-likeness (QED) is 0.694. The molecule has 1 aliphatic heterocycles. The maximum Gasteiger partial charge on any atom is 0.0695 e. The fourth-order valence-electron chi connectivity index (χ4n) is 3.33. The molecule has 2 unspecified atom stereocenters. The summed E-state index contributed by atoms with van der Waals surface area (Å²) < 4.78 is 0. The Morgan fingerprint density at radius 3 is 2.21 bits per heavy atom. The van der Waals surface area contributed by atoms with Crippen LogP contribution in [-0.4, -0.2) is 35.2 Å². The second kappa shape index (κ2) is 4.19. The van der Waals surface area contributed by atoms with Gasteiger partial charge < -0.3 is 5.11 Å². The minimum Gasteiger partial charge on any atom is -0.391 e. The van der Waals surface area contributed by atoms with Crippen molar-refractivity contribution in [3.63, 3.8) is 0 Å². The molecule has 1 heterocycles. The zero-order valence-corrected chi connectivity index (χ0v) is 9.45. The SMILES string of the molecule is CC1CC(C)CN([C@H]2CCC[C@@H]2O)C1. The third-order valence-electron chi connectivity index (χ3n) is 3.81. The first-order valence-electron chi connectivity index (χ1n) is 6.09. The van der Waals surface area contributed by atoms with Gasteiger partial charge in [0.15, 0.2) is 0 Å². The van der Waals surface area contributed by atoms with Gasteiger partial charge in [0.05, 0.1) is 6.10 Å². The molecule has 0 aromatic carbocycles.